The van der Waals surface area contributed by atoms with Crippen molar-refractivity contribution in [2.75, 3.05) is 6.54 Å². The molecule has 0 bridgehead atoms. The number of rotatable bonds is 5. The molecule has 0 atom stereocenters. The van der Waals surface area contributed by atoms with Crippen LogP contribution in [0.15, 0.2) is 30.6 Å². The summed E-state index contributed by atoms with van der Waals surface area (Å²) in [7, 11) is 0. The van der Waals surface area contributed by atoms with Crippen LogP contribution < -0.4 is 5.32 Å². The summed E-state index contributed by atoms with van der Waals surface area (Å²) in [5.41, 5.74) is 3.85. The Labute approximate surface area is 109 Å². The number of imidazole rings is 1. The molecule has 0 radical (unpaired) electrons. The third-order valence-corrected chi connectivity index (χ3v) is 3.09. The fourth-order valence-corrected chi connectivity index (χ4v) is 2.17. The maximum Gasteiger partial charge on any atom is 0.112 e. The third-order valence-electron chi connectivity index (χ3n) is 3.09. The molecule has 0 aliphatic heterocycles. The van der Waals surface area contributed by atoms with Gasteiger partial charge in [0.1, 0.15) is 5.82 Å². The first-order valence-corrected chi connectivity index (χ1v) is 6.59. The number of benzene rings is 1. The quantitative estimate of drug-likeness (QED) is 0.875. The highest BCUT2D eigenvalue weighted by molar-refractivity contribution is 5.44. The van der Waals surface area contributed by atoms with Crippen molar-refractivity contribution in [3.8, 4) is 5.69 Å². The second-order valence-electron chi connectivity index (χ2n) is 4.48. The van der Waals surface area contributed by atoms with Gasteiger partial charge in [0.05, 0.1) is 5.69 Å². The van der Waals surface area contributed by atoms with Crippen molar-refractivity contribution in [2.24, 2.45) is 0 Å². The minimum absolute atomic E-state index is 0.898. The molecule has 1 aromatic carbocycles. The zero-order chi connectivity index (χ0) is 13.0. The van der Waals surface area contributed by atoms with Crippen molar-refractivity contribution < 1.29 is 0 Å². The average molecular weight is 243 g/mol. The molecule has 2 rings (SSSR count). The highest BCUT2D eigenvalue weighted by Gasteiger charge is 2.08. The Bertz CT molecular complexity index is 514. The van der Waals surface area contributed by atoms with Crippen LogP contribution in [-0.4, -0.2) is 16.1 Å². The Hall–Kier alpha value is -1.61. The number of aryl methyl sites for hydroxylation is 2. The van der Waals surface area contributed by atoms with Gasteiger partial charge in [-0.1, -0.05) is 31.5 Å². The number of hydrogen-bond acceptors (Lipinski definition) is 2. The molecule has 1 aromatic heterocycles. The smallest absolute Gasteiger partial charge is 0.112 e. The van der Waals surface area contributed by atoms with E-state index in [2.05, 4.69) is 53.8 Å². The molecule has 0 spiro atoms. The van der Waals surface area contributed by atoms with Gasteiger partial charge in [0.25, 0.3) is 0 Å². The first kappa shape index (κ1) is 12.8. The third kappa shape index (κ3) is 2.62. The van der Waals surface area contributed by atoms with Gasteiger partial charge in [-0.05, 0) is 25.1 Å². The van der Waals surface area contributed by atoms with Crippen LogP contribution in [0.3, 0.4) is 0 Å². The van der Waals surface area contributed by atoms with Gasteiger partial charge in [-0.3, -0.25) is 0 Å². The van der Waals surface area contributed by atoms with Crippen molar-refractivity contribution in [2.45, 2.75) is 33.7 Å². The van der Waals surface area contributed by atoms with E-state index in [-0.39, 0.29) is 0 Å². The number of nitrogens with zero attached hydrogens (tertiary/aromatic N) is 2. The Balaban J connectivity index is 2.43. The molecule has 18 heavy (non-hydrogen) atoms. The summed E-state index contributed by atoms with van der Waals surface area (Å²) in [5, 5.41) is 3.40. The topological polar surface area (TPSA) is 29.9 Å². The molecule has 2 aromatic rings. The Kier molecular flexibility index (Phi) is 4.15. The van der Waals surface area contributed by atoms with Crippen LogP contribution >= 0.6 is 0 Å². The van der Waals surface area contributed by atoms with E-state index in [1.807, 2.05) is 12.4 Å². The minimum Gasteiger partial charge on any atom is -0.313 e. The average Bonchev–Trinajstić information content (AvgIpc) is 2.84. The Morgan fingerprint density at radius 2 is 2.11 bits per heavy atom. The van der Waals surface area contributed by atoms with Crippen molar-refractivity contribution in [3.63, 3.8) is 0 Å². The van der Waals surface area contributed by atoms with Gasteiger partial charge in [0, 0.05) is 25.4 Å². The van der Waals surface area contributed by atoms with Crippen molar-refractivity contribution in [1.29, 1.82) is 0 Å². The van der Waals surface area contributed by atoms with Crippen LogP contribution in [0.5, 0.6) is 0 Å². The number of nitrogens with one attached hydrogen (secondary N) is 1. The number of hydrogen-bond donors (Lipinski definition) is 1. The second kappa shape index (κ2) is 5.83. The molecule has 0 saturated heterocycles. The normalized spacial score (nSPS) is 10.8. The summed E-state index contributed by atoms with van der Waals surface area (Å²) in [6.45, 7) is 8.28. The first-order chi connectivity index (χ1) is 8.76. The highest BCUT2D eigenvalue weighted by atomic mass is 15.1. The molecule has 1 heterocycles. The van der Waals surface area contributed by atoms with Gasteiger partial charge in [-0.15, -0.1) is 0 Å². The molecule has 0 aliphatic carbocycles. The fourth-order valence-electron chi connectivity index (χ4n) is 2.17. The van der Waals surface area contributed by atoms with Crippen LogP contribution in [0.2, 0.25) is 0 Å². The Morgan fingerprint density at radius 3 is 2.83 bits per heavy atom. The van der Waals surface area contributed by atoms with Gasteiger partial charge in [-0.25, -0.2) is 4.98 Å². The highest BCUT2D eigenvalue weighted by Crippen LogP contribution is 2.18. The van der Waals surface area contributed by atoms with Crippen LogP contribution in [-0.2, 0) is 13.0 Å². The summed E-state index contributed by atoms with van der Waals surface area (Å²) < 4.78 is 2.19. The lowest BCUT2D eigenvalue weighted by molar-refractivity contribution is 0.719. The molecule has 3 heteroatoms. The zero-order valence-corrected chi connectivity index (χ0v) is 11.4. The second-order valence-corrected chi connectivity index (χ2v) is 4.48. The SMILES string of the molecule is CCNCc1cc(C)ccc1-n1ccnc1CC. The van der Waals surface area contributed by atoms with Gasteiger partial charge >= 0.3 is 0 Å². The predicted molar refractivity (Wildman–Crippen MR) is 75.1 cm³/mol. The van der Waals surface area contributed by atoms with Gasteiger partial charge < -0.3 is 9.88 Å². The van der Waals surface area contributed by atoms with Gasteiger partial charge in [-0.2, -0.15) is 0 Å². The fraction of sp³-hybridized carbons (Fsp3) is 0.400. The molecule has 0 fully saturated rings. The van der Waals surface area contributed by atoms with Crippen molar-refractivity contribution in [1.82, 2.24) is 14.9 Å². The van der Waals surface area contributed by atoms with Crippen LogP contribution in [0.1, 0.15) is 30.8 Å². The lowest BCUT2D eigenvalue weighted by Gasteiger charge is -2.14. The minimum atomic E-state index is 0.898. The molecule has 96 valence electrons. The first-order valence-electron chi connectivity index (χ1n) is 6.59. The maximum absolute atomic E-state index is 4.40. The van der Waals surface area contributed by atoms with Crippen LogP contribution in [0.25, 0.3) is 5.69 Å². The van der Waals surface area contributed by atoms with Crippen molar-refractivity contribution >= 4 is 0 Å². The molecule has 0 unspecified atom stereocenters. The van der Waals surface area contributed by atoms with E-state index in [0.29, 0.717) is 0 Å². The van der Waals surface area contributed by atoms with Crippen LogP contribution in [0, 0.1) is 6.92 Å². The monoisotopic (exact) mass is 243 g/mol. The standard InChI is InChI=1S/C15H21N3/c1-4-15-17-8-9-18(15)14-7-6-12(3)10-13(14)11-16-5-2/h6-10,16H,4-5,11H2,1-3H3. The van der Waals surface area contributed by atoms with E-state index in [1.54, 1.807) is 0 Å². The molecule has 0 saturated carbocycles. The molecule has 3 nitrogen and oxygen atoms in total. The summed E-state index contributed by atoms with van der Waals surface area (Å²) in [6.07, 6.45) is 4.86. The van der Waals surface area contributed by atoms with E-state index < -0.39 is 0 Å². The molecule has 0 amide bonds. The summed E-state index contributed by atoms with van der Waals surface area (Å²) in [4.78, 5) is 4.40. The lowest BCUT2D eigenvalue weighted by atomic mass is 10.1. The van der Waals surface area contributed by atoms with Gasteiger partial charge in [0.15, 0.2) is 0 Å². The molecule has 0 aliphatic rings. The summed E-state index contributed by atoms with van der Waals surface area (Å²) in [6, 6.07) is 6.59. The van der Waals surface area contributed by atoms with Crippen molar-refractivity contribution in [3.05, 3.63) is 47.5 Å². The Morgan fingerprint density at radius 1 is 1.28 bits per heavy atom. The molecular formula is C15H21N3. The maximum atomic E-state index is 4.40. The van der Waals surface area contributed by atoms with Crippen LogP contribution in [0.4, 0.5) is 0 Å². The van der Waals surface area contributed by atoms with E-state index in [9.17, 15) is 0 Å². The van der Waals surface area contributed by atoms with E-state index >= 15 is 0 Å². The van der Waals surface area contributed by atoms with E-state index in [4.69, 9.17) is 0 Å². The zero-order valence-electron chi connectivity index (χ0n) is 11.4. The van der Waals surface area contributed by atoms with E-state index in [0.717, 1.165) is 25.3 Å². The van der Waals surface area contributed by atoms with Gasteiger partial charge in [0.2, 0.25) is 0 Å². The predicted octanol–water partition coefficient (Wildman–Crippen LogP) is 2.85. The lowest BCUT2D eigenvalue weighted by Crippen LogP contribution is -2.14. The molecule has 1 N–H and O–H groups in total. The molecular weight excluding hydrogens is 222 g/mol. The van der Waals surface area contributed by atoms with E-state index in [1.165, 1.54) is 16.8 Å². The largest absolute Gasteiger partial charge is 0.313 e. The summed E-state index contributed by atoms with van der Waals surface area (Å²) in [5.74, 6) is 1.11. The number of aromatic nitrogens is 2. The summed E-state index contributed by atoms with van der Waals surface area (Å²) >= 11 is 0.